The Labute approximate surface area is 207 Å². The van der Waals surface area contributed by atoms with Crippen molar-refractivity contribution in [1.29, 1.82) is 5.26 Å². The van der Waals surface area contributed by atoms with Crippen molar-refractivity contribution in [3.05, 3.63) is 64.5 Å². The topological polar surface area (TPSA) is 93.6 Å². The van der Waals surface area contributed by atoms with Crippen LogP contribution >= 0.6 is 11.3 Å². The van der Waals surface area contributed by atoms with Crippen LogP contribution in [0.1, 0.15) is 18.1 Å². The van der Waals surface area contributed by atoms with Gasteiger partial charge in [0.2, 0.25) is 11.8 Å². The first kappa shape index (κ1) is 22.9. The van der Waals surface area contributed by atoms with Crippen molar-refractivity contribution in [3.63, 3.8) is 0 Å². The molecule has 178 valence electrons. The van der Waals surface area contributed by atoms with Crippen molar-refractivity contribution in [3.8, 4) is 40.6 Å². The fourth-order valence-corrected chi connectivity index (χ4v) is 4.49. The number of rotatable bonds is 8. The summed E-state index contributed by atoms with van der Waals surface area (Å²) in [5, 5.41) is 14.0. The zero-order valence-electron chi connectivity index (χ0n) is 19.3. The van der Waals surface area contributed by atoms with Crippen molar-refractivity contribution in [2.45, 2.75) is 13.5 Å². The highest BCUT2D eigenvalue weighted by Crippen LogP contribution is 2.35. The molecule has 4 heterocycles. The number of nitrogens with zero attached hydrogens (tertiary/aromatic N) is 4. The van der Waals surface area contributed by atoms with E-state index in [9.17, 15) is 5.26 Å². The van der Waals surface area contributed by atoms with E-state index >= 15 is 0 Å². The van der Waals surface area contributed by atoms with Gasteiger partial charge in [-0.2, -0.15) is 16.6 Å². The van der Waals surface area contributed by atoms with Gasteiger partial charge < -0.3 is 23.5 Å². The van der Waals surface area contributed by atoms with Crippen molar-refractivity contribution in [2.24, 2.45) is 0 Å². The van der Waals surface area contributed by atoms with Crippen molar-refractivity contribution in [2.75, 3.05) is 37.8 Å². The van der Waals surface area contributed by atoms with Gasteiger partial charge in [-0.1, -0.05) is 12.1 Å². The second-order valence-corrected chi connectivity index (χ2v) is 8.61. The van der Waals surface area contributed by atoms with Gasteiger partial charge in [0.15, 0.2) is 0 Å². The minimum absolute atomic E-state index is 0.236. The van der Waals surface area contributed by atoms with E-state index in [1.807, 2.05) is 35.9 Å². The van der Waals surface area contributed by atoms with E-state index in [0.717, 1.165) is 43.1 Å². The summed E-state index contributed by atoms with van der Waals surface area (Å²) in [7, 11) is 0. The SMILES string of the molecule is CCOc1cnc(-c2cc(-c3ccc(N4CCOCC4)cc3)nc(OCc3ccsc3)c2C#N)o1. The molecule has 1 aliphatic rings. The van der Waals surface area contributed by atoms with Crippen LogP contribution in [0.15, 0.2) is 57.8 Å². The fraction of sp³-hybridized carbons (Fsp3) is 0.269. The molecular formula is C26H24N4O4S. The largest absolute Gasteiger partial charge is 0.472 e. The number of nitriles is 1. The lowest BCUT2D eigenvalue weighted by molar-refractivity contribution is 0.122. The van der Waals surface area contributed by atoms with Gasteiger partial charge in [-0.15, -0.1) is 0 Å². The summed E-state index contributed by atoms with van der Waals surface area (Å²) in [5.41, 5.74) is 4.46. The number of benzene rings is 1. The molecular weight excluding hydrogens is 464 g/mol. The maximum absolute atomic E-state index is 9.99. The smallest absolute Gasteiger partial charge is 0.305 e. The molecule has 0 aliphatic carbocycles. The average molecular weight is 489 g/mol. The zero-order valence-corrected chi connectivity index (χ0v) is 20.1. The normalized spacial score (nSPS) is 13.4. The number of ether oxygens (including phenoxy) is 3. The Balaban J connectivity index is 1.53. The molecule has 35 heavy (non-hydrogen) atoms. The maximum Gasteiger partial charge on any atom is 0.305 e. The molecule has 0 N–H and O–H groups in total. The lowest BCUT2D eigenvalue weighted by Crippen LogP contribution is -2.36. The molecule has 0 unspecified atom stereocenters. The van der Waals surface area contributed by atoms with E-state index in [1.165, 1.54) is 6.20 Å². The number of anilines is 1. The predicted molar refractivity (Wildman–Crippen MR) is 133 cm³/mol. The average Bonchev–Trinajstić information content (AvgIpc) is 3.60. The molecule has 0 bridgehead atoms. The quantitative estimate of drug-likeness (QED) is 0.336. The maximum atomic E-state index is 9.99. The zero-order chi connectivity index (χ0) is 24.0. The molecule has 1 saturated heterocycles. The number of hydrogen-bond donors (Lipinski definition) is 0. The van der Waals surface area contributed by atoms with E-state index in [1.54, 1.807) is 17.4 Å². The summed E-state index contributed by atoms with van der Waals surface area (Å²) in [6.07, 6.45) is 1.50. The Hall–Kier alpha value is -3.87. The van der Waals surface area contributed by atoms with Gasteiger partial charge in [0.05, 0.1) is 31.1 Å². The molecule has 0 saturated carbocycles. The van der Waals surface area contributed by atoms with Crippen LogP contribution in [-0.4, -0.2) is 42.9 Å². The first-order valence-corrected chi connectivity index (χ1v) is 12.3. The molecule has 1 fully saturated rings. The number of hydrogen-bond acceptors (Lipinski definition) is 9. The third-order valence-electron chi connectivity index (χ3n) is 5.59. The Morgan fingerprint density at radius 3 is 2.69 bits per heavy atom. The fourth-order valence-electron chi connectivity index (χ4n) is 3.83. The van der Waals surface area contributed by atoms with Gasteiger partial charge >= 0.3 is 5.95 Å². The van der Waals surface area contributed by atoms with Crippen molar-refractivity contribution >= 4 is 17.0 Å². The van der Waals surface area contributed by atoms with Crippen LogP contribution < -0.4 is 14.4 Å². The molecule has 0 atom stereocenters. The second kappa shape index (κ2) is 10.6. The summed E-state index contributed by atoms with van der Waals surface area (Å²) in [5.74, 6) is 0.805. The number of aromatic nitrogens is 2. The van der Waals surface area contributed by atoms with Gasteiger partial charge in [0.1, 0.15) is 24.4 Å². The van der Waals surface area contributed by atoms with Crippen LogP contribution in [0.25, 0.3) is 22.7 Å². The standard InChI is InChI=1S/C26H24N4O4S/c1-2-32-24-15-28-25(34-24)21-13-23(19-3-5-20(6-4-19)30-8-10-31-11-9-30)29-26(22(21)14-27)33-16-18-7-12-35-17-18/h3-7,12-13,15,17H,2,8-11,16H2,1H3. The predicted octanol–water partition coefficient (Wildman–Crippen LogP) is 5.15. The minimum atomic E-state index is 0.236. The van der Waals surface area contributed by atoms with Crippen LogP contribution in [0.4, 0.5) is 5.69 Å². The molecule has 4 aromatic rings. The second-order valence-electron chi connectivity index (χ2n) is 7.83. The minimum Gasteiger partial charge on any atom is -0.472 e. The number of thiophene rings is 1. The van der Waals surface area contributed by atoms with Crippen molar-refractivity contribution in [1.82, 2.24) is 9.97 Å². The van der Waals surface area contributed by atoms with Gasteiger partial charge in [-0.3, -0.25) is 0 Å². The highest BCUT2D eigenvalue weighted by atomic mass is 32.1. The highest BCUT2D eigenvalue weighted by molar-refractivity contribution is 7.07. The summed E-state index contributed by atoms with van der Waals surface area (Å²) in [6, 6.07) is 14.2. The summed E-state index contributed by atoms with van der Waals surface area (Å²) in [6.45, 7) is 5.81. The summed E-state index contributed by atoms with van der Waals surface area (Å²) in [4.78, 5) is 11.3. The Morgan fingerprint density at radius 1 is 1.14 bits per heavy atom. The Bertz CT molecular complexity index is 1310. The van der Waals surface area contributed by atoms with E-state index < -0.39 is 0 Å². The summed E-state index contributed by atoms with van der Waals surface area (Å²) < 4.78 is 22.7. The molecule has 1 aromatic carbocycles. The highest BCUT2D eigenvalue weighted by Gasteiger charge is 2.21. The van der Waals surface area contributed by atoms with Gasteiger partial charge in [-0.25, -0.2) is 9.97 Å². The molecule has 9 heteroatoms. The van der Waals surface area contributed by atoms with Gasteiger partial charge in [0, 0.05) is 29.9 Å². The molecule has 0 spiro atoms. The molecule has 1 aliphatic heterocycles. The van der Waals surface area contributed by atoms with E-state index in [4.69, 9.17) is 23.6 Å². The van der Waals surface area contributed by atoms with Crippen LogP contribution in [0.5, 0.6) is 11.8 Å². The number of oxazole rings is 1. The number of pyridine rings is 1. The van der Waals surface area contributed by atoms with Gasteiger partial charge in [-0.05, 0) is 41.9 Å². The summed E-state index contributed by atoms with van der Waals surface area (Å²) >= 11 is 1.59. The van der Waals surface area contributed by atoms with E-state index in [0.29, 0.717) is 30.4 Å². The monoisotopic (exact) mass is 488 g/mol. The van der Waals surface area contributed by atoms with E-state index in [-0.39, 0.29) is 17.3 Å². The van der Waals surface area contributed by atoms with Crippen LogP contribution in [0, 0.1) is 11.3 Å². The van der Waals surface area contributed by atoms with Crippen LogP contribution in [0.2, 0.25) is 0 Å². The molecule has 8 nitrogen and oxygen atoms in total. The Morgan fingerprint density at radius 2 is 1.97 bits per heavy atom. The molecule has 3 aromatic heterocycles. The number of morpholine rings is 1. The lowest BCUT2D eigenvalue weighted by atomic mass is 10.0. The molecule has 5 rings (SSSR count). The van der Waals surface area contributed by atoms with Crippen LogP contribution in [0.3, 0.4) is 0 Å². The third kappa shape index (κ3) is 5.14. The first-order chi connectivity index (χ1) is 17.2. The lowest BCUT2D eigenvalue weighted by Gasteiger charge is -2.28. The van der Waals surface area contributed by atoms with Crippen molar-refractivity contribution < 1.29 is 18.6 Å². The van der Waals surface area contributed by atoms with E-state index in [2.05, 4.69) is 28.1 Å². The van der Waals surface area contributed by atoms with Crippen LogP contribution in [-0.2, 0) is 11.3 Å². The molecule has 0 amide bonds. The van der Waals surface area contributed by atoms with Gasteiger partial charge in [0.25, 0.3) is 0 Å². The third-order valence-corrected chi connectivity index (χ3v) is 6.33. The Kier molecular flexibility index (Phi) is 6.93. The molecule has 0 radical (unpaired) electrons. The first-order valence-electron chi connectivity index (χ1n) is 11.4.